The fourth-order valence-electron chi connectivity index (χ4n) is 1.92. The van der Waals surface area contributed by atoms with Crippen molar-refractivity contribution in [3.63, 3.8) is 0 Å². The Morgan fingerprint density at radius 3 is 1.90 bits per heavy atom. The minimum Gasteiger partial charge on any atom is -0.465 e. The van der Waals surface area contributed by atoms with E-state index in [1.165, 1.54) is 0 Å². The van der Waals surface area contributed by atoms with E-state index in [0.717, 1.165) is 5.56 Å². The monoisotopic (exact) mass is 436 g/mol. The van der Waals surface area contributed by atoms with E-state index in [0.29, 0.717) is 6.42 Å². The van der Waals surface area contributed by atoms with Crippen LogP contribution in [0.4, 0.5) is 35.1 Å². The summed E-state index contributed by atoms with van der Waals surface area (Å²) in [5.41, 5.74) is 0.850. The molecule has 0 spiro atoms. The van der Waals surface area contributed by atoms with Gasteiger partial charge in [-0.3, -0.25) is 9.59 Å². The summed E-state index contributed by atoms with van der Waals surface area (Å²) in [5, 5.41) is 0. The Morgan fingerprint density at radius 1 is 0.862 bits per heavy atom. The summed E-state index contributed by atoms with van der Waals surface area (Å²) < 4.78 is 110. The lowest BCUT2D eigenvalue weighted by Gasteiger charge is -2.31. The average Bonchev–Trinajstić information content (AvgIpc) is 2.65. The average molecular weight is 436 g/mol. The highest BCUT2D eigenvalue weighted by Crippen LogP contribution is 2.48. The van der Waals surface area contributed by atoms with Gasteiger partial charge in [0.2, 0.25) is 0 Å². The first-order chi connectivity index (χ1) is 13.3. The molecule has 164 valence electrons. The summed E-state index contributed by atoms with van der Waals surface area (Å²) >= 11 is 0. The van der Waals surface area contributed by atoms with Crippen LogP contribution in [0.5, 0.6) is 0 Å². The second-order valence-electron chi connectivity index (χ2n) is 5.82. The van der Waals surface area contributed by atoms with E-state index >= 15 is 0 Å². The predicted molar refractivity (Wildman–Crippen MR) is 82.1 cm³/mol. The van der Waals surface area contributed by atoms with Gasteiger partial charge >= 0.3 is 36.1 Å². The SMILES string of the molecule is O=C(CCC(=O)OCC(F)(F)C(F)(F)C(F)(F)C(F)F)OCCc1ccccc1. The molecule has 0 amide bonds. The van der Waals surface area contributed by atoms with E-state index in [9.17, 15) is 44.7 Å². The maximum absolute atomic E-state index is 13.2. The van der Waals surface area contributed by atoms with Crippen molar-refractivity contribution in [3.05, 3.63) is 35.9 Å². The number of carbonyl (C=O) groups excluding carboxylic acids is 2. The normalized spacial score (nSPS) is 12.7. The number of hydrogen-bond acceptors (Lipinski definition) is 4. The number of ether oxygens (including phenoxy) is 2. The van der Waals surface area contributed by atoms with Gasteiger partial charge in [0.05, 0.1) is 19.4 Å². The van der Waals surface area contributed by atoms with Crippen LogP contribution in [0, 0.1) is 0 Å². The third-order valence-corrected chi connectivity index (χ3v) is 3.60. The van der Waals surface area contributed by atoms with E-state index in [-0.39, 0.29) is 6.61 Å². The van der Waals surface area contributed by atoms with Gasteiger partial charge < -0.3 is 9.47 Å². The Kier molecular flexibility index (Phi) is 8.39. The van der Waals surface area contributed by atoms with E-state index in [4.69, 9.17) is 4.74 Å². The van der Waals surface area contributed by atoms with Crippen LogP contribution >= 0.6 is 0 Å². The van der Waals surface area contributed by atoms with Crippen LogP contribution in [0.1, 0.15) is 18.4 Å². The Balaban J connectivity index is 2.41. The Bertz CT molecular complexity index is 679. The Morgan fingerprint density at radius 2 is 1.38 bits per heavy atom. The second kappa shape index (κ2) is 9.88. The number of carbonyl (C=O) groups is 2. The molecule has 12 heteroatoms. The standard InChI is InChI=1S/C17H16F8O4/c18-14(19)16(22,23)17(24,25)15(20,21)10-29-13(27)7-6-12(26)28-9-8-11-4-2-1-3-5-11/h1-5,14H,6-10H2. The lowest BCUT2D eigenvalue weighted by atomic mass is 10.1. The third-order valence-electron chi connectivity index (χ3n) is 3.60. The van der Waals surface area contributed by atoms with Crippen LogP contribution in [0.25, 0.3) is 0 Å². The van der Waals surface area contributed by atoms with Crippen LogP contribution in [0.3, 0.4) is 0 Å². The van der Waals surface area contributed by atoms with Gasteiger partial charge in [-0.2, -0.15) is 26.3 Å². The van der Waals surface area contributed by atoms with Crippen molar-refractivity contribution in [2.45, 2.75) is 43.5 Å². The Labute approximate surface area is 159 Å². The maximum atomic E-state index is 13.2. The molecule has 0 aliphatic heterocycles. The molecule has 0 saturated heterocycles. The van der Waals surface area contributed by atoms with Crippen molar-refractivity contribution in [1.29, 1.82) is 0 Å². The number of alkyl halides is 8. The van der Waals surface area contributed by atoms with Gasteiger partial charge in [-0.25, -0.2) is 8.78 Å². The van der Waals surface area contributed by atoms with Crippen molar-refractivity contribution in [1.82, 2.24) is 0 Å². The summed E-state index contributed by atoms with van der Waals surface area (Å²) in [7, 11) is 0. The molecule has 0 aliphatic rings. The van der Waals surface area contributed by atoms with E-state index in [1.807, 2.05) is 0 Å². The number of rotatable bonds is 11. The number of esters is 2. The molecule has 0 unspecified atom stereocenters. The predicted octanol–water partition coefficient (Wildman–Crippen LogP) is 4.27. The second-order valence-corrected chi connectivity index (χ2v) is 5.82. The molecule has 0 aromatic heterocycles. The highest BCUT2D eigenvalue weighted by atomic mass is 19.4. The molecular formula is C17H16F8O4. The lowest BCUT2D eigenvalue weighted by molar-refractivity contribution is -0.344. The van der Waals surface area contributed by atoms with Gasteiger partial charge in [0.1, 0.15) is 0 Å². The maximum Gasteiger partial charge on any atom is 0.381 e. The molecule has 0 N–H and O–H groups in total. The van der Waals surface area contributed by atoms with Gasteiger partial charge in [0, 0.05) is 6.42 Å². The van der Waals surface area contributed by atoms with Crippen LogP contribution in [-0.2, 0) is 25.5 Å². The first-order valence-electron chi connectivity index (χ1n) is 8.08. The van der Waals surface area contributed by atoms with Gasteiger partial charge in [-0.1, -0.05) is 30.3 Å². The van der Waals surface area contributed by atoms with Gasteiger partial charge in [0.15, 0.2) is 6.61 Å². The first-order valence-corrected chi connectivity index (χ1v) is 8.08. The van der Waals surface area contributed by atoms with Crippen molar-refractivity contribution >= 4 is 11.9 Å². The van der Waals surface area contributed by atoms with Crippen LogP contribution < -0.4 is 0 Å². The van der Waals surface area contributed by atoms with E-state index in [1.54, 1.807) is 30.3 Å². The highest BCUT2D eigenvalue weighted by molar-refractivity contribution is 5.77. The molecule has 1 aromatic carbocycles. The van der Waals surface area contributed by atoms with Gasteiger partial charge in [-0.05, 0) is 5.56 Å². The topological polar surface area (TPSA) is 52.6 Å². The summed E-state index contributed by atoms with van der Waals surface area (Å²) in [6.45, 7) is -2.62. The fourth-order valence-corrected chi connectivity index (χ4v) is 1.92. The third kappa shape index (κ3) is 6.57. The zero-order valence-corrected chi connectivity index (χ0v) is 14.7. The van der Waals surface area contributed by atoms with E-state index < -0.39 is 55.6 Å². The van der Waals surface area contributed by atoms with E-state index in [2.05, 4.69) is 4.74 Å². The van der Waals surface area contributed by atoms with Gasteiger partial charge in [-0.15, -0.1) is 0 Å². The van der Waals surface area contributed by atoms with Crippen LogP contribution in [0.2, 0.25) is 0 Å². The molecule has 0 fully saturated rings. The molecule has 1 rings (SSSR count). The quantitative estimate of drug-likeness (QED) is 0.384. The number of benzene rings is 1. The highest BCUT2D eigenvalue weighted by Gasteiger charge is 2.75. The molecular weight excluding hydrogens is 420 g/mol. The van der Waals surface area contributed by atoms with Crippen LogP contribution in [0.15, 0.2) is 30.3 Å². The summed E-state index contributed by atoms with van der Waals surface area (Å²) in [6, 6.07) is 8.81. The molecule has 0 bridgehead atoms. The molecule has 4 nitrogen and oxygen atoms in total. The number of halogens is 8. The summed E-state index contributed by atoms with van der Waals surface area (Å²) in [6.07, 6.45) is -6.22. The smallest absolute Gasteiger partial charge is 0.381 e. The largest absolute Gasteiger partial charge is 0.465 e. The molecule has 0 aliphatic carbocycles. The summed E-state index contributed by atoms with van der Waals surface area (Å²) in [5.74, 6) is -21.1. The van der Waals surface area contributed by atoms with Crippen molar-refractivity contribution in [3.8, 4) is 0 Å². The first kappa shape index (κ1) is 24.6. The number of hydrogen-bond donors (Lipinski definition) is 0. The molecule has 0 atom stereocenters. The molecule has 29 heavy (non-hydrogen) atoms. The van der Waals surface area contributed by atoms with Crippen molar-refractivity contribution < 1.29 is 54.2 Å². The Hall–Kier alpha value is -2.40. The summed E-state index contributed by atoms with van der Waals surface area (Å²) in [4.78, 5) is 22.7. The van der Waals surface area contributed by atoms with Gasteiger partial charge in [0.25, 0.3) is 0 Å². The minimum absolute atomic E-state index is 0.0507. The molecule has 1 aromatic rings. The minimum atomic E-state index is -6.47. The zero-order chi connectivity index (χ0) is 22.3. The zero-order valence-electron chi connectivity index (χ0n) is 14.7. The lowest BCUT2D eigenvalue weighted by Crippen LogP contribution is -2.59. The molecule has 0 heterocycles. The molecule has 0 radical (unpaired) electrons. The van der Waals surface area contributed by atoms with Crippen molar-refractivity contribution in [2.24, 2.45) is 0 Å². The van der Waals surface area contributed by atoms with Crippen molar-refractivity contribution in [2.75, 3.05) is 13.2 Å². The molecule has 0 saturated carbocycles. The van der Waals surface area contributed by atoms with Crippen LogP contribution in [-0.4, -0.2) is 49.3 Å². The fraction of sp³-hybridized carbons (Fsp3) is 0.529.